The van der Waals surface area contributed by atoms with Gasteiger partial charge in [-0.25, -0.2) is 0 Å². The number of aliphatic hydroxyl groups is 1. The molecule has 0 aliphatic carbocycles. The third-order valence-electron chi connectivity index (χ3n) is 5.70. The highest BCUT2D eigenvalue weighted by Gasteiger charge is 2.41. The van der Waals surface area contributed by atoms with Gasteiger partial charge in [-0.2, -0.15) is 0 Å². The van der Waals surface area contributed by atoms with Crippen molar-refractivity contribution >= 4 is 11.5 Å². The van der Waals surface area contributed by atoms with Gasteiger partial charge in [0.2, 0.25) is 0 Å². The van der Waals surface area contributed by atoms with E-state index in [9.17, 15) is 9.90 Å². The number of aromatic nitrogens is 1. The lowest BCUT2D eigenvalue weighted by molar-refractivity contribution is -0.130. The van der Waals surface area contributed by atoms with Crippen LogP contribution in [0.3, 0.4) is 0 Å². The third kappa shape index (κ3) is 4.04. The first-order valence-electron chi connectivity index (χ1n) is 10.4. The van der Waals surface area contributed by atoms with Crippen molar-refractivity contribution in [2.45, 2.75) is 32.4 Å². The number of carbonyl (C=O) groups is 1. The molecule has 0 unspecified atom stereocenters. The summed E-state index contributed by atoms with van der Waals surface area (Å²) in [7, 11) is 1.61. The molecular formula is C26H26N2O3. The SMILES string of the molecule is COc1ccc(C2=C(O)C(=O)N(Cc3cccnc3)[C@@H]2c2ccc(C(C)C)cc2)cc1. The first-order valence-corrected chi connectivity index (χ1v) is 10.4. The highest BCUT2D eigenvalue weighted by atomic mass is 16.5. The van der Waals surface area contributed by atoms with E-state index in [1.54, 1.807) is 24.4 Å². The van der Waals surface area contributed by atoms with E-state index in [1.165, 1.54) is 5.56 Å². The molecule has 5 heteroatoms. The number of ether oxygens (including phenoxy) is 1. The van der Waals surface area contributed by atoms with Crippen molar-refractivity contribution in [3.63, 3.8) is 0 Å². The summed E-state index contributed by atoms with van der Waals surface area (Å²) in [6.45, 7) is 4.65. The zero-order valence-corrected chi connectivity index (χ0v) is 17.9. The van der Waals surface area contributed by atoms with Gasteiger partial charge in [-0.3, -0.25) is 9.78 Å². The van der Waals surface area contributed by atoms with Crippen molar-refractivity contribution in [2.75, 3.05) is 7.11 Å². The van der Waals surface area contributed by atoms with Gasteiger partial charge in [0.05, 0.1) is 13.2 Å². The lowest BCUT2D eigenvalue weighted by atomic mass is 9.91. The third-order valence-corrected chi connectivity index (χ3v) is 5.70. The zero-order chi connectivity index (χ0) is 22.0. The number of aliphatic hydroxyl groups excluding tert-OH is 1. The average molecular weight is 415 g/mol. The van der Waals surface area contributed by atoms with Crippen molar-refractivity contribution in [3.8, 4) is 5.75 Å². The average Bonchev–Trinajstić information content (AvgIpc) is 3.05. The molecule has 0 bridgehead atoms. The molecular weight excluding hydrogens is 388 g/mol. The molecule has 1 amide bonds. The molecule has 2 heterocycles. The van der Waals surface area contributed by atoms with E-state index in [-0.39, 0.29) is 11.7 Å². The molecule has 0 saturated heterocycles. The maximum absolute atomic E-state index is 13.1. The topological polar surface area (TPSA) is 62.7 Å². The second-order valence-electron chi connectivity index (χ2n) is 8.01. The minimum atomic E-state index is -0.401. The monoisotopic (exact) mass is 414 g/mol. The van der Waals surface area contributed by atoms with Crippen LogP contribution in [0.25, 0.3) is 5.57 Å². The molecule has 2 aromatic carbocycles. The van der Waals surface area contributed by atoms with E-state index >= 15 is 0 Å². The largest absolute Gasteiger partial charge is 0.503 e. The Morgan fingerprint density at radius 1 is 1.06 bits per heavy atom. The molecule has 0 spiro atoms. The van der Waals surface area contributed by atoms with Crippen LogP contribution in [-0.2, 0) is 11.3 Å². The summed E-state index contributed by atoms with van der Waals surface area (Å²) in [4.78, 5) is 19.0. The Bertz CT molecular complexity index is 1090. The Balaban J connectivity index is 1.79. The maximum Gasteiger partial charge on any atom is 0.290 e. The van der Waals surface area contributed by atoms with Gasteiger partial charge in [0, 0.05) is 24.5 Å². The molecule has 0 radical (unpaired) electrons. The van der Waals surface area contributed by atoms with E-state index in [0.29, 0.717) is 18.0 Å². The second kappa shape index (κ2) is 8.64. The number of methoxy groups -OCH3 is 1. The van der Waals surface area contributed by atoms with Gasteiger partial charge < -0.3 is 14.7 Å². The van der Waals surface area contributed by atoms with E-state index in [4.69, 9.17) is 4.74 Å². The Hall–Kier alpha value is -3.60. The second-order valence-corrected chi connectivity index (χ2v) is 8.01. The summed E-state index contributed by atoms with van der Waals surface area (Å²) < 4.78 is 5.26. The molecule has 0 fully saturated rings. The fourth-order valence-corrected chi connectivity index (χ4v) is 3.98. The molecule has 1 aliphatic heterocycles. The molecule has 158 valence electrons. The summed E-state index contributed by atoms with van der Waals surface area (Å²) in [5.41, 5.74) is 4.48. The Morgan fingerprint density at radius 3 is 2.35 bits per heavy atom. The number of carbonyl (C=O) groups excluding carboxylic acids is 1. The van der Waals surface area contributed by atoms with Crippen molar-refractivity contribution < 1.29 is 14.6 Å². The van der Waals surface area contributed by atoms with Crippen molar-refractivity contribution in [1.82, 2.24) is 9.88 Å². The van der Waals surface area contributed by atoms with Gasteiger partial charge in [0.25, 0.3) is 5.91 Å². The van der Waals surface area contributed by atoms with E-state index < -0.39 is 6.04 Å². The number of amides is 1. The van der Waals surface area contributed by atoms with Gasteiger partial charge in [0.15, 0.2) is 5.76 Å². The minimum absolute atomic E-state index is 0.216. The molecule has 1 aliphatic rings. The smallest absolute Gasteiger partial charge is 0.290 e. The molecule has 31 heavy (non-hydrogen) atoms. The van der Waals surface area contributed by atoms with Gasteiger partial charge in [-0.1, -0.05) is 56.3 Å². The van der Waals surface area contributed by atoms with Crippen molar-refractivity contribution in [1.29, 1.82) is 0 Å². The van der Waals surface area contributed by atoms with Gasteiger partial charge >= 0.3 is 0 Å². The molecule has 3 aromatic rings. The van der Waals surface area contributed by atoms with Crippen LogP contribution in [0.15, 0.2) is 78.8 Å². The highest BCUT2D eigenvalue weighted by Crippen LogP contribution is 2.44. The standard InChI is InChI=1S/C26H26N2O3/c1-17(2)19-6-8-21(9-7-19)24-23(20-10-12-22(31-3)13-11-20)25(29)26(30)28(24)16-18-5-4-14-27-15-18/h4-15,17,24,29H,16H2,1-3H3/t24-/m1/s1. The number of rotatable bonds is 6. The summed E-state index contributed by atoms with van der Waals surface area (Å²) >= 11 is 0. The van der Waals surface area contributed by atoms with E-state index in [0.717, 1.165) is 22.4 Å². The zero-order valence-electron chi connectivity index (χ0n) is 17.9. The van der Waals surface area contributed by atoms with Crippen LogP contribution in [-0.4, -0.2) is 28.0 Å². The number of benzene rings is 2. The summed E-state index contributed by atoms with van der Waals surface area (Å²) in [5, 5.41) is 10.9. The fourth-order valence-electron chi connectivity index (χ4n) is 3.98. The first kappa shape index (κ1) is 20.7. The van der Waals surface area contributed by atoms with Crippen molar-refractivity contribution in [3.05, 3.63) is 101 Å². The molecule has 5 nitrogen and oxygen atoms in total. The van der Waals surface area contributed by atoms with Crippen LogP contribution >= 0.6 is 0 Å². The minimum Gasteiger partial charge on any atom is -0.503 e. The van der Waals surface area contributed by atoms with Crippen LogP contribution < -0.4 is 4.74 Å². The molecule has 1 atom stereocenters. The predicted octanol–water partition coefficient (Wildman–Crippen LogP) is 5.27. The lowest BCUT2D eigenvalue weighted by Gasteiger charge is -2.27. The van der Waals surface area contributed by atoms with Crippen LogP contribution in [0.1, 0.15) is 48.1 Å². The summed E-state index contributed by atoms with van der Waals surface area (Å²) in [5.74, 6) is 0.536. The van der Waals surface area contributed by atoms with Crippen LogP contribution in [0.5, 0.6) is 5.75 Å². The van der Waals surface area contributed by atoms with Gasteiger partial charge in [-0.05, 0) is 46.4 Å². The highest BCUT2D eigenvalue weighted by molar-refractivity contribution is 6.05. The van der Waals surface area contributed by atoms with Crippen LogP contribution in [0, 0.1) is 0 Å². The first-order chi connectivity index (χ1) is 15.0. The Kier molecular flexibility index (Phi) is 5.76. The number of nitrogens with zero attached hydrogens (tertiary/aromatic N) is 2. The predicted molar refractivity (Wildman–Crippen MR) is 121 cm³/mol. The van der Waals surface area contributed by atoms with Gasteiger partial charge in [-0.15, -0.1) is 0 Å². The normalized spacial score (nSPS) is 16.3. The van der Waals surface area contributed by atoms with E-state index in [1.807, 2.05) is 48.5 Å². The molecule has 4 rings (SSSR count). The maximum atomic E-state index is 13.1. The van der Waals surface area contributed by atoms with Crippen LogP contribution in [0.4, 0.5) is 0 Å². The molecule has 1 N–H and O–H groups in total. The lowest BCUT2D eigenvalue weighted by Crippen LogP contribution is -2.29. The molecule has 0 saturated carbocycles. The van der Waals surface area contributed by atoms with Gasteiger partial charge in [0.1, 0.15) is 5.75 Å². The van der Waals surface area contributed by atoms with Crippen LogP contribution in [0.2, 0.25) is 0 Å². The number of hydrogen-bond donors (Lipinski definition) is 1. The fraction of sp³-hybridized carbons (Fsp3) is 0.231. The van der Waals surface area contributed by atoms with E-state index in [2.05, 4.69) is 31.0 Å². The summed E-state index contributed by atoms with van der Waals surface area (Å²) in [6.07, 6.45) is 3.45. The quantitative estimate of drug-likeness (QED) is 0.597. The Labute approximate surface area is 182 Å². The number of pyridine rings is 1. The molecule has 1 aromatic heterocycles. The van der Waals surface area contributed by atoms with Crippen molar-refractivity contribution in [2.24, 2.45) is 0 Å². The summed E-state index contributed by atoms with van der Waals surface area (Å²) in [6, 6.07) is 19.1. The number of hydrogen-bond acceptors (Lipinski definition) is 4. The Morgan fingerprint density at radius 2 is 1.77 bits per heavy atom.